The van der Waals surface area contributed by atoms with Crippen molar-refractivity contribution in [2.75, 3.05) is 45.7 Å². The van der Waals surface area contributed by atoms with E-state index in [0.29, 0.717) is 43.2 Å². The first kappa shape index (κ1) is 27.8. The Morgan fingerprint density at radius 3 is 2.12 bits per heavy atom. The third kappa shape index (κ3) is 5.50. The molecule has 1 aliphatic heterocycles. The molecule has 8 nitrogen and oxygen atoms in total. The Labute approximate surface area is 241 Å². The van der Waals surface area contributed by atoms with Crippen LogP contribution < -0.4 is 14.8 Å². The zero-order valence-corrected chi connectivity index (χ0v) is 24.2. The van der Waals surface area contributed by atoms with Crippen molar-refractivity contribution in [3.63, 3.8) is 0 Å². The molecule has 0 aliphatic carbocycles. The summed E-state index contributed by atoms with van der Waals surface area (Å²) in [5.74, 6) is 1.20. The van der Waals surface area contributed by atoms with E-state index >= 15 is 0 Å². The van der Waals surface area contributed by atoms with Gasteiger partial charge in [-0.15, -0.1) is 0 Å². The van der Waals surface area contributed by atoms with E-state index in [9.17, 15) is 9.59 Å². The van der Waals surface area contributed by atoms with Crippen LogP contribution in [0.3, 0.4) is 0 Å². The lowest BCUT2D eigenvalue weighted by Gasteiger charge is -2.35. The predicted molar refractivity (Wildman–Crippen MR) is 161 cm³/mol. The summed E-state index contributed by atoms with van der Waals surface area (Å²) in [7, 11) is 3.22. The summed E-state index contributed by atoms with van der Waals surface area (Å²) in [4.78, 5) is 30.4. The molecule has 1 fully saturated rings. The normalized spacial score (nSPS) is 13.2. The summed E-state index contributed by atoms with van der Waals surface area (Å²) in [5, 5.41) is 3.03. The molecule has 3 amide bonds. The van der Waals surface area contributed by atoms with Gasteiger partial charge in [0.05, 0.1) is 25.5 Å². The number of hydrogen-bond donors (Lipinski definition) is 1. The molecule has 0 bridgehead atoms. The van der Waals surface area contributed by atoms with E-state index in [4.69, 9.17) is 9.47 Å². The van der Waals surface area contributed by atoms with Gasteiger partial charge in [-0.1, -0.05) is 42.5 Å². The molecular formula is C33H36N4O4. The van der Waals surface area contributed by atoms with Crippen LogP contribution >= 0.6 is 0 Å². The van der Waals surface area contributed by atoms with Crippen LogP contribution in [0.15, 0.2) is 72.8 Å². The Kier molecular flexibility index (Phi) is 8.01. The Bertz CT molecular complexity index is 1570. The quantitative estimate of drug-likeness (QED) is 0.315. The maximum atomic E-state index is 13.9. The van der Waals surface area contributed by atoms with Crippen LogP contribution in [0, 0.1) is 20.8 Å². The summed E-state index contributed by atoms with van der Waals surface area (Å²) in [6.07, 6.45) is 0. The van der Waals surface area contributed by atoms with Crippen molar-refractivity contribution in [1.82, 2.24) is 14.4 Å². The number of benzene rings is 3. The van der Waals surface area contributed by atoms with Gasteiger partial charge in [-0.3, -0.25) is 4.79 Å². The van der Waals surface area contributed by atoms with Crippen LogP contribution in [0.5, 0.6) is 11.5 Å². The van der Waals surface area contributed by atoms with Gasteiger partial charge in [-0.2, -0.15) is 0 Å². The van der Waals surface area contributed by atoms with E-state index in [0.717, 1.165) is 39.5 Å². The summed E-state index contributed by atoms with van der Waals surface area (Å²) >= 11 is 0. The average molecular weight is 553 g/mol. The average Bonchev–Trinajstić information content (AvgIpc) is 3.35. The maximum Gasteiger partial charge on any atom is 0.321 e. The minimum absolute atomic E-state index is 0.0477. The summed E-state index contributed by atoms with van der Waals surface area (Å²) in [6, 6.07) is 23.5. The van der Waals surface area contributed by atoms with Gasteiger partial charge in [0.1, 0.15) is 0 Å². The highest BCUT2D eigenvalue weighted by atomic mass is 16.5. The van der Waals surface area contributed by atoms with Crippen LogP contribution in [0.2, 0.25) is 0 Å². The number of nitrogens with zero attached hydrogens (tertiary/aromatic N) is 3. The molecule has 1 N–H and O–H groups in total. The number of rotatable bonds is 6. The number of nitrogens with one attached hydrogen (secondary N) is 1. The fourth-order valence-electron chi connectivity index (χ4n) is 5.31. The molecule has 0 saturated carbocycles. The molecule has 8 heteroatoms. The number of hydrogen-bond acceptors (Lipinski definition) is 4. The number of aromatic nitrogens is 1. The van der Waals surface area contributed by atoms with Gasteiger partial charge in [0.25, 0.3) is 5.91 Å². The van der Waals surface area contributed by atoms with Crippen molar-refractivity contribution >= 4 is 17.6 Å². The van der Waals surface area contributed by atoms with Crippen molar-refractivity contribution in [3.8, 4) is 28.4 Å². The Balaban J connectivity index is 1.39. The Morgan fingerprint density at radius 1 is 0.756 bits per heavy atom. The second kappa shape index (κ2) is 11.8. The summed E-state index contributed by atoms with van der Waals surface area (Å²) in [6.45, 7) is 7.83. The molecule has 1 aliphatic rings. The van der Waals surface area contributed by atoms with Crippen molar-refractivity contribution < 1.29 is 19.1 Å². The molecular weight excluding hydrogens is 516 g/mol. The molecule has 41 heavy (non-hydrogen) atoms. The van der Waals surface area contributed by atoms with E-state index in [-0.39, 0.29) is 11.9 Å². The number of anilines is 1. The minimum Gasteiger partial charge on any atom is -0.493 e. The summed E-state index contributed by atoms with van der Waals surface area (Å²) in [5.41, 5.74) is 7.23. The van der Waals surface area contributed by atoms with Crippen LogP contribution in [-0.4, -0.2) is 66.7 Å². The molecule has 0 spiro atoms. The first-order valence-corrected chi connectivity index (χ1v) is 13.7. The van der Waals surface area contributed by atoms with E-state index in [2.05, 4.69) is 9.88 Å². The first-order chi connectivity index (χ1) is 19.8. The highest BCUT2D eigenvalue weighted by Gasteiger charge is 2.28. The maximum absolute atomic E-state index is 13.9. The molecule has 2 heterocycles. The zero-order valence-electron chi connectivity index (χ0n) is 24.2. The van der Waals surface area contributed by atoms with Gasteiger partial charge >= 0.3 is 6.03 Å². The smallest absolute Gasteiger partial charge is 0.321 e. The van der Waals surface area contributed by atoms with Crippen LogP contribution in [0.25, 0.3) is 16.9 Å². The second-order valence-electron chi connectivity index (χ2n) is 10.2. The van der Waals surface area contributed by atoms with Gasteiger partial charge in [0.15, 0.2) is 11.5 Å². The van der Waals surface area contributed by atoms with Crippen molar-refractivity contribution in [1.29, 1.82) is 0 Å². The van der Waals surface area contributed by atoms with E-state index in [1.54, 1.807) is 19.1 Å². The Hall–Kier alpha value is -4.72. The van der Waals surface area contributed by atoms with Crippen LogP contribution in [-0.2, 0) is 0 Å². The second-order valence-corrected chi connectivity index (χ2v) is 10.2. The molecule has 0 unspecified atom stereocenters. The molecule has 0 radical (unpaired) electrons. The minimum atomic E-state index is -0.145. The number of carbonyl (C=O) groups excluding carboxylic acids is 2. The lowest BCUT2D eigenvalue weighted by Crippen LogP contribution is -2.51. The number of ether oxygens (including phenoxy) is 2. The van der Waals surface area contributed by atoms with Crippen LogP contribution in [0.4, 0.5) is 10.5 Å². The topological polar surface area (TPSA) is 76.0 Å². The van der Waals surface area contributed by atoms with E-state index in [1.165, 1.54) is 0 Å². The van der Waals surface area contributed by atoms with Crippen molar-refractivity contribution in [3.05, 3.63) is 95.2 Å². The zero-order chi connectivity index (χ0) is 29.1. The van der Waals surface area contributed by atoms with Gasteiger partial charge in [0, 0.05) is 49.3 Å². The number of aryl methyl sites for hydroxylation is 1. The molecule has 0 atom stereocenters. The Morgan fingerprint density at radius 2 is 1.44 bits per heavy atom. The van der Waals surface area contributed by atoms with Gasteiger partial charge in [-0.05, 0) is 61.7 Å². The fourth-order valence-corrected chi connectivity index (χ4v) is 5.31. The third-order valence-corrected chi connectivity index (χ3v) is 7.87. The molecule has 1 saturated heterocycles. The lowest BCUT2D eigenvalue weighted by molar-refractivity contribution is 0.0671. The molecule has 4 aromatic rings. The summed E-state index contributed by atoms with van der Waals surface area (Å²) < 4.78 is 13.1. The number of methoxy groups -OCH3 is 2. The van der Waals surface area contributed by atoms with E-state index in [1.807, 2.05) is 98.5 Å². The van der Waals surface area contributed by atoms with E-state index < -0.39 is 0 Å². The van der Waals surface area contributed by atoms with Gasteiger partial charge in [-0.25, -0.2) is 4.79 Å². The molecule has 1 aromatic heterocycles. The first-order valence-electron chi connectivity index (χ1n) is 13.7. The number of piperazine rings is 1. The van der Waals surface area contributed by atoms with Gasteiger partial charge in [0.2, 0.25) is 0 Å². The number of amides is 3. The fraction of sp³-hybridized carbons (Fsp3) is 0.273. The predicted octanol–water partition coefficient (Wildman–Crippen LogP) is 6.08. The third-order valence-electron chi connectivity index (χ3n) is 7.87. The lowest BCUT2D eigenvalue weighted by atomic mass is 10.1. The largest absolute Gasteiger partial charge is 0.493 e. The van der Waals surface area contributed by atoms with Crippen molar-refractivity contribution in [2.24, 2.45) is 0 Å². The number of urea groups is 1. The molecule has 5 rings (SSSR count). The molecule has 212 valence electrons. The molecule has 3 aromatic carbocycles. The highest BCUT2D eigenvalue weighted by molar-refractivity contribution is 5.98. The van der Waals surface area contributed by atoms with Gasteiger partial charge < -0.3 is 29.2 Å². The van der Waals surface area contributed by atoms with Crippen molar-refractivity contribution in [2.45, 2.75) is 20.8 Å². The monoisotopic (exact) mass is 552 g/mol. The van der Waals surface area contributed by atoms with Crippen LogP contribution in [0.1, 0.15) is 27.2 Å². The number of carbonyl (C=O) groups is 2. The SMILES string of the molecule is COc1ccc(-n2c(-c3ccccc3)cc(C(=O)N3CCN(C(=O)Nc4cccc(C)c4C)CC3)c2C)cc1OC. The standard InChI is InChI=1S/C33H36N4O4/c1-22-10-9-13-28(23(22)2)34-33(39)36-18-16-35(17-19-36)32(38)27-21-29(25-11-7-6-8-12-25)37(24(27)3)26-14-15-30(40-4)31(20-26)41-5/h6-15,20-21H,16-19H2,1-5H3,(H,34,39). The highest BCUT2D eigenvalue weighted by Crippen LogP contribution is 2.35.